The highest BCUT2D eigenvalue weighted by atomic mass is 16.3. The van der Waals surface area contributed by atoms with Gasteiger partial charge >= 0.3 is 0 Å². The molecule has 20 heavy (non-hydrogen) atoms. The Morgan fingerprint density at radius 3 is 2.80 bits per heavy atom. The van der Waals surface area contributed by atoms with E-state index in [0.29, 0.717) is 5.56 Å². The summed E-state index contributed by atoms with van der Waals surface area (Å²) in [6.07, 6.45) is 3.01. The lowest BCUT2D eigenvalue weighted by Gasteiger charge is -2.66. The molecule has 3 saturated carbocycles. The molecule has 4 nitrogen and oxygen atoms in total. The lowest BCUT2D eigenvalue weighted by molar-refractivity contribution is -0.189. The molecule has 0 spiro atoms. The predicted molar refractivity (Wildman–Crippen MR) is 75.8 cm³/mol. The summed E-state index contributed by atoms with van der Waals surface area (Å²) in [5.74, 6) is 0.887. The van der Waals surface area contributed by atoms with Gasteiger partial charge < -0.3 is 10.1 Å². The molecule has 0 amide bonds. The van der Waals surface area contributed by atoms with Crippen molar-refractivity contribution in [1.29, 1.82) is 5.26 Å². The number of rotatable bonds is 3. The van der Waals surface area contributed by atoms with E-state index in [1.165, 1.54) is 19.3 Å². The van der Waals surface area contributed by atoms with E-state index >= 15 is 0 Å². The molecule has 1 unspecified atom stereocenters. The summed E-state index contributed by atoms with van der Waals surface area (Å²) in [6, 6.07) is 9.76. The Labute approximate surface area is 117 Å². The van der Waals surface area contributed by atoms with E-state index in [1.54, 1.807) is 6.07 Å². The van der Waals surface area contributed by atoms with Crippen LogP contribution in [0.4, 0.5) is 0 Å². The summed E-state index contributed by atoms with van der Waals surface area (Å²) in [7, 11) is 2.00. The summed E-state index contributed by atoms with van der Waals surface area (Å²) in [5.41, 5.74) is 2.43. The number of nitrogens with one attached hydrogen (secondary N) is 1. The van der Waals surface area contributed by atoms with Crippen molar-refractivity contribution in [3.05, 3.63) is 35.5 Å². The Morgan fingerprint density at radius 1 is 1.45 bits per heavy atom. The first-order chi connectivity index (χ1) is 9.63. The number of aromatic nitrogens is 1. The van der Waals surface area contributed by atoms with Crippen LogP contribution in [0.15, 0.2) is 24.3 Å². The molecule has 1 aromatic carbocycles. The van der Waals surface area contributed by atoms with Gasteiger partial charge in [0.15, 0.2) is 0 Å². The molecule has 3 aliphatic rings. The van der Waals surface area contributed by atoms with Crippen LogP contribution in [0.5, 0.6) is 0 Å². The quantitative estimate of drug-likeness (QED) is 0.840. The van der Waals surface area contributed by atoms with E-state index in [4.69, 9.17) is 5.26 Å². The average Bonchev–Trinajstić information content (AvgIpc) is 2.77. The van der Waals surface area contributed by atoms with Crippen LogP contribution in [0.3, 0.4) is 0 Å². The summed E-state index contributed by atoms with van der Waals surface area (Å²) in [5, 5.41) is 20.7. The number of aliphatic hydroxyl groups excluding tert-OH is 1. The molecule has 1 atom stereocenters. The Bertz CT molecular complexity index is 710. The van der Waals surface area contributed by atoms with Crippen molar-refractivity contribution in [3.8, 4) is 6.07 Å². The van der Waals surface area contributed by atoms with Gasteiger partial charge in [0.05, 0.1) is 16.8 Å². The third kappa shape index (κ3) is 1.42. The SMILES string of the molecule is CN(C(O)c1cc2cccc(C#N)c2[nH]1)C12CC(C1)C2. The van der Waals surface area contributed by atoms with Gasteiger partial charge in [-0.1, -0.05) is 12.1 Å². The topological polar surface area (TPSA) is 63.0 Å². The molecule has 2 aromatic rings. The fourth-order valence-corrected chi connectivity index (χ4v) is 3.74. The molecule has 2 bridgehead atoms. The maximum absolute atomic E-state index is 10.6. The number of aromatic amines is 1. The largest absolute Gasteiger partial charge is 0.373 e. The standard InChI is InChI=1S/C16H17N3O/c1-19(16-6-10(7-16)8-16)15(20)13-5-11-3-2-4-12(9-17)14(11)18-13/h2-5,10,15,18,20H,6-8H2,1H3. The van der Waals surface area contributed by atoms with E-state index in [-0.39, 0.29) is 5.54 Å². The van der Waals surface area contributed by atoms with Gasteiger partial charge in [-0.05, 0) is 44.4 Å². The van der Waals surface area contributed by atoms with Crippen molar-refractivity contribution in [2.45, 2.75) is 31.0 Å². The van der Waals surface area contributed by atoms with Crippen molar-refractivity contribution in [3.63, 3.8) is 0 Å². The second-order valence-electron chi connectivity index (χ2n) is 6.29. The number of H-pyrrole nitrogens is 1. The van der Waals surface area contributed by atoms with Gasteiger partial charge in [0.2, 0.25) is 0 Å². The Morgan fingerprint density at radius 2 is 2.20 bits per heavy atom. The molecular formula is C16H17N3O. The molecule has 3 aliphatic carbocycles. The van der Waals surface area contributed by atoms with E-state index in [9.17, 15) is 5.11 Å². The second kappa shape index (κ2) is 3.85. The minimum Gasteiger partial charge on any atom is -0.373 e. The normalized spacial score (nSPS) is 28.8. The smallest absolute Gasteiger partial charge is 0.148 e. The number of nitrogens with zero attached hydrogens (tertiary/aromatic N) is 2. The maximum atomic E-state index is 10.6. The zero-order valence-electron chi connectivity index (χ0n) is 11.4. The molecule has 1 heterocycles. The number of fused-ring (bicyclic) bond motifs is 1. The number of aliphatic hydroxyl groups is 1. The summed E-state index contributed by atoms with van der Waals surface area (Å²) >= 11 is 0. The van der Waals surface area contributed by atoms with Crippen molar-refractivity contribution < 1.29 is 5.11 Å². The van der Waals surface area contributed by atoms with Crippen LogP contribution in [-0.2, 0) is 0 Å². The monoisotopic (exact) mass is 267 g/mol. The minimum absolute atomic E-state index is 0.222. The molecule has 3 fully saturated rings. The van der Waals surface area contributed by atoms with Gasteiger partial charge in [0.1, 0.15) is 12.3 Å². The van der Waals surface area contributed by atoms with E-state index < -0.39 is 6.23 Å². The fraction of sp³-hybridized carbons (Fsp3) is 0.438. The van der Waals surface area contributed by atoms with Gasteiger partial charge in [-0.25, -0.2) is 0 Å². The molecule has 5 rings (SSSR count). The van der Waals surface area contributed by atoms with Crippen molar-refractivity contribution >= 4 is 10.9 Å². The molecule has 4 heteroatoms. The summed E-state index contributed by atoms with van der Waals surface area (Å²) < 4.78 is 0. The van der Waals surface area contributed by atoms with Gasteiger partial charge in [-0.2, -0.15) is 5.26 Å². The van der Waals surface area contributed by atoms with Gasteiger partial charge in [-0.3, -0.25) is 4.90 Å². The van der Waals surface area contributed by atoms with Crippen LogP contribution in [0.25, 0.3) is 10.9 Å². The van der Waals surface area contributed by atoms with E-state index in [2.05, 4.69) is 16.0 Å². The van der Waals surface area contributed by atoms with Crippen LogP contribution < -0.4 is 0 Å². The summed E-state index contributed by atoms with van der Waals surface area (Å²) in [4.78, 5) is 5.31. The number of para-hydroxylation sites is 1. The van der Waals surface area contributed by atoms with Crippen LogP contribution >= 0.6 is 0 Å². The second-order valence-corrected chi connectivity index (χ2v) is 6.29. The van der Waals surface area contributed by atoms with Crippen LogP contribution in [0.2, 0.25) is 0 Å². The van der Waals surface area contributed by atoms with Crippen molar-refractivity contribution in [1.82, 2.24) is 9.88 Å². The number of hydrogen-bond donors (Lipinski definition) is 2. The highest BCUT2D eigenvalue weighted by molar-refractivity contribution is 5.85. The fourth-order valence-electron chi connectivity index (χ4n) is 3.74. The molecule has 0 aliphatic heterocycles. The maximum Gasteiger partial charge on any atom is 0.148 e. The molecule has 2 N–H and O–H groups in total. The molecular weight excluding hydrogens is 250 g/mol. The number of hydrogen-bond acceptors (Lipinski definition) is 3. The van der Waals surface area contributed by atoms with Crippen LogP contribution in [-0.4, -0.2) is 27.6 Å². The molecule has 1 aromatic heterocycles. The zero-order valence-corrected chi connectivity index (χ0v) is 11.4. The molecule has 102 valence electrons. The average molecular weight is 267 g/mol. The highest BCUT2D eigenvalue weighted by Crippen LogP contribution is 2.61. The molecule has 0 radical (unpaired) electrons. The lowest BCUT2D eigenvalue weighted by atomic mass is 9.49. The highest BCUT2D eigenvalue weighted by Gasteiger charge is 2.60. The van der Waals surface area contributed by atoms with Gasteiger partial charge in [0.25, 0.3) is 0 Å². The predicted octanol–water partition coefficient (Wildman–Crippen LogP) is 2.51. The third-order valence-electron chi connectivity index (χ3n) is 5.20. The van der Waals surface area contributed by atoms with E-state index in [0.717, 1.165) is 22.5 Å². The summed E-state index contributed by atoms with van der Waals surface area (Å²) in [6.45, 7) is 0. The van der Waals surface area contributed by atoms with Crippen molar-refractivity contribution in [2.75, 3.05) is 7.05 Å². The Kier molecular flexibility index (Phi) is 2.30. The number of benzene rings is 1. The Balaban J connectivity index is 1.69. The first-order valence-electron chi connectivity index (χ1n) is 7.06. The first-order valence-corrected chi connectivity index (χ1v) is 7.06. The van der Waals surface area contributed by atoms with E-state index in [1.807, 2.05) is 25.2 Å². The Hall–Kier alpha value is -1.83. The first kappa shape index (κ1) is 12.0. The van der Waals surface area contributed by atoms with Crippen LogP contribution in [0.1, 0.15) is 36.7 Å². The third-order valence-corrected chi connectivity index (χ3v) is 5.20. The molecule has 0 saturated heterocycles. The van der Waals surface area contributed by atoms with Gasteiger partial charge in [-0.15, -0.1) is 0 Å². The van der Waals surface area contributed by atoms with Crippen molar-refractivity contribution in [2.24, 2.45) is 5.92 Å². The number of nitriles is 1. The minimum atomic E-state index is -0.629. The lowest BCUT2D eigenvalue weighted by Crippen LogP contribution is -2.67. The zero-order chi connectivity index (χ0) is 13.9. The van der Waals surface area contributed by atoms with Gasteiger partial charge in [0, 0.05) is 10.9 Å². The van der Waals surface area contributed by atoms with Crippen LogP contribution in [0, 0.1) is 17.2 Å².